The van der Waals surface area contributed by atoms with Crippen LogP contribution in [-0.4, -0.2) is 33.9 Å². The lowest BCUT2D eigenvalue weighted by Gasteiger charge is -2.23. The van der Waals surface area contributed by atoms with E-state index < -0.39 is 0 Å². The maximum Gasteiger partial charge on any atom is 0.276 e. The second-order valence-corrected chi connectivity index (χ2v) is 4.80. The molecular weight excluding hydrogens is 272 g/mol. The first-order valence-corrected chi connectivity index (χ1v) is 6.72. The molecule has 2 heterocycles. The van der Waals surface area contributed by atoms with Crippen molar-refractivity contribution in [2.24, 2.45) is 0 Å². The number of amides is 1. The van der Waals surface area contributed by atoms with E-state index >= 15 is 0 Å². The summed E-state index contributed by atoms with van der Waals surface area (Å²) in [5.74, 6) is 0.00539. The molecule has 0 N–H and O–H groups in total. The average molecular weight is 287 g/mol. The monoisotopic (exact) mass is 286 g/mol. The Labute approximate surface area is 103 Å². The number of hydrogen-bond acceptors (Lipinski definition) is 3. The fourth-order valence-corrected chi connectivity index (χ4v) is 2.51. The van der Waals surface area contributed by atoms with Crippen molar-refractivity contribution in [1.29, 1.82) is 0 Å². The zero-order valence-corrected chi connectivity index (χ0v) is 10.6. The molecule has 1 aromatic heterocycles. The molecule has 0 spiro atoms. The normalized spacial score (nSPS) is 20.3. The first-order chi connectivity index (χ1) is 7.83. The molecule has 0 radical (unpaired) electrons. The molecule has 1 fully saturated rings. The SMILES string of the molecule is O=C(c1ccon1)N1CCCC1CCCBr. The van der Waals surface area contributed by atoms with E-state index in [1.807, 2.05) is 4.90 Å². The molecule has 5 heteroatoms. The third-order valence-corrected chi connectivity index (χ3v) is 3.53. The Morgan fingerprint density at radius 1 is 1.69 bits per heavy atom. The molecule has 2 rings (SSSR count). The quantitative estimate of drug-likeness (QED) is 0.799. The van der Waals surface area contributed by atoms with Crippen LogP contribution in [0.1, 0.15) is 36.2 Å². The summed E-state index contributed by atoms with van der Waals surface area (Å²) < 4.78 is 4.71. The fourth-order valence-electron chi connectivity index (χ4n) is 2.19. The molecule has 1 unspecified atom stereocenters. The molecule has 1 aliphatic heterocycles. The van der Waals surface area contributed by atoms with Gasteiger partial charge in [-0.05, 0) is 25.7 Å². The van der Waals surface area contributed by atoms with Crippen molar-refractivity contribution in [2.45, 2.75) is 31.7 Å². The van der Waals surface area contributed by atoms with Crippen molar-refractivity contribution in [3.8, 4) is 0 Å². The Bertz CT molecular complexity index is 340. The number of halogens is 1. The lowest BCUT2D eigenvalue weighted by molar-refractivity contribution is 0.0720. The van der Waals surface area contributed by atoms with Crippen molar-refractivity contribution in [2.75, 3.05) is 11.9 Å². The summed E-state index contributed by atoms with van der Waals surface area (Å²) in [6.07, 6.45) is 5.81. The molecule has 1 amide bonds. The molecule has 1 atom stereocenters. The molecule has 88 valence electrons. The number of nitrogens with zero attached hydrogens (tertiary/aromatic N) is 2. The molecule has 1 aromatic rings. The molecule has 0 aromatic carbocycles. The summed E-state index contributed by atoms with van der Waals surface area (Å²) >= 11 is 3.42. The van der Waals surface area contributed by atoms with E-state index in [0.29, 0.717) is 11.7 Å². The van der Waals surface area contributed by atoms with E-state index in [-0.39, 0.29) is 5.91 Å². The van der Waals surface area contributed by atoms with E-state index in [1.165, 1.54) is 6.26 Å². The topological polar surface area (TPSA) is 46.3 Å². The second-order valence-electron chi connectivity index (χ2n) is 4.01. The Balaban J connectivity index is 1.99. The van der Waals surface area contributed by atoms with Crippen molar-refractivity contribution in [1.82, 2.24) is 10.1 Å². The summed E-state index contributed by atoms with van der Waals surface area (Å²) in [4.78, 5) is 14.0. The first-order valence-electron chi connectivity index (χ1n) is 5.60. The predicted octanol–water partition coefficient (Wildman–Crippen LogP) is 2.45. The van der Waals surface area contributed by atoms with Crippen LogP contribution in [0.4, 0.5) is 0 Å². The van der Waals surface area contributed by atoms with Gasteiger partial charge in [0.25, 0.3) is 5.91 Å². The summed E-state index contributed by atoms with van der Waals surface area (Å²) in [5.41, 5.74) is 0.422. The van der Waals surface area contributed by atoms with Crippen LogP contribution in [0.15, 0.2) is 16.9 Å². The third-order valence-electron chi connectivity index (χ3n) is 2.97. The minimum Gasteiger partial charge on any atom is -0.364 e. The molecular formula is C11H15BrN2O2. The number of alkyl halides is 1. The highest BCUT2D eigenvalue weighted by Gasteiger charge is 2.29. The van der Waals surface area contributed by atoms with E-state index in [2.05, 4.69) is 21.1 Å². The van der Waals surface area contributed by atoms with Gasteiger partial charge < -0.3 is 9.42 Å². The van der Waals surface area contributed by atoms with E-state index in [4.69, 9.17) is 4.52 Å². The lowest BCUT2D eigenvalue weighted by atomic mass is 10.1. The van der Waals surface area contributed by atoms with Crippen molar-refractivity contribution in [3.05, 3.63) is 18.0 Å². The van der Waals surface area contributed by atoms with Crippen LogP contribution in [0.25, 0.3) is 0 Å². The van der Waals surface area contributed by atoms with Gasteiger partial charge >= 0.3 is 0 Å². The van der Waals surface area contributed by atoms with Gasteiger partial charge in [0.15, 0.2) is 5.69 Å². The predicted molar refractivity (Wildman–Crippen MR) is 63.6 cm³/mol. The minimum atomic E-state index is 0.00539. The van der Waals surface area contributed by atoms with Gasteiger partial charge in [0, 0.05) is 24.0 Å². The smallest absolute Gasteiger partial charge is 0.276 e. The van der Waals surface area contributed by atoms with E-state index in [1.54, 1.807) is 6.07 Å². The van der Waals surface area contributed by atoms with E-state index in [0.717, 1.165) is 37.6 Å². The van der Waals surface area contributed by atoms with Gasteiger partial charge in [0.2, 0.25) is 0 Å². The van der Waals surface area contributed by atoms with Gasteiger partial charge in [0.05, 0.1) is 0 Å². The molecule has 16 heavy (non-hydrogen) atoms. The van der Waals surface area contributed by atoms with Crippen LogP contribution in [0, 0.1) is 0 Å². The van der Waals surface area contributed by atoms with Crippen LogP contribution in [0.2, 0.25) is 0 Å². The molecule has 0 saturated carbocycles. The Morgan fingerprint density at radius 3 is 3.25 bits per heavy atom. The number of likely N-dealkylation sites (tertiary alicyclic amines) is 1. The van der Waals surface area contributed by atoms with Crippen molar-refractivity contribution < 1.29 is 9.32 Å². The third kappa shape index (κ3) is 2.45. The van der Waals surface area contributed by atoms with Crippen molar-refractivity contribution in [3.63, 3.8) is 0 Å². The summed E-state index contributed by atoms with van der Waals surface area (Å²) in [5, 5.41) is 4.70. The van der Waals surface area contributed by atoms with Crippen LogP contribution in [0.5, 0.6) is 0 Å². The number of carbonyl (C=O) groups excluding carboxylic acids is 1. The molecule has 0 aliphatic carbocycles. The van der Waals surface area contributed by atoms with Crippen molar-refractivity contribution >= 4 is 21.8 Å². The van der Waals surface area contributed by atoms with E-state index in [9.17, 15) is 4.79 Å². The van der Waals surface area contributed by atoms with Gasteiger partial charge in [-0.2, -0.15) is 0 Å². The number of aromatic nitrogens is 1. The Morgan fingerprint density at radius 2 is 2.56 bits per heavy atom. The fraction of sp³-hybridized carbons (Fsp3) is 0.636. The molecule has 1 saturated heterocycles. The van der Waals surface area contributed by atoms with Gasteiger partial charge in [-0.25, -0.2) is 0 Å². The van der Waals surface area contributed by atoms with Crippen LogP contribution < -0.4 is 0 Å². The highest BCUT2D eigenvalue weighted by atomic mass is 79.9. The molecule has 0 bridgehead atoms. The standard InChI is InChI=1S/C11H15BrN2O2/c12-6-1-3-9-4-2-7-14(9)11(15)10-5-8-16-13-10/h5,8-9H,1-4,6-7H2. The highest BCUT2D eigenvalue weighted by molar-refractivity contribution is 9.09. The minimum absolute atomic E-state index is 0.00539. The van der Waals surface area contributed by atoms with Gasteiger partial charge in [-0.15, -0.1) is 0 Å². The van der Waals surface area contributed by atoms with Crippen LogP contribution >= 0.6 is 15.9 Å². The van der Waals surface area contributed by atoms with Crippen LogP contribution in [-0.2, 0) is 0 Å². The summed E-state index contributed by atoms with van der Waals surface area (Å²) in [7, 11) is 0. The molecule has 4 nitrogen and oxygen atoms in total. The van der Waals surface area contributed by atoms with Gasteiger partial charge in [-0.3, -0.25) is 4.79 Å². The summed E-state index contributed by atoms with van der Waals surface area (Å²) in [6.45, 7) is 0.846. The van der Waals surface area contributed by atoms with Crippen LogP contribution in [0.3, 0.4) is 0 Å². The number of carbonyl (C=O) groups is 1. The maximum atomic E-state index is 12.1. The highest BCUT2D eigenvalue weighted by Crippen LogP contribution is 2.23. The second kappa shape index (κ2) is 5.48. The first kappa shape index (κ1) is 11.6. The largest absolute Gasteiger partial charge is 0.364 e. The van der Waals surface area contributed by atoms with Gasteiger partial charge in [-0.1, -0.05) is 21.1 Å². The average Bonchev–Trinajstić information content (AvgIpc) is 2.96. The molecule has 1 aliphatic rings. The summed E-state index contributed by atoms with van der Waals surface area (Å²) in [6, 6.07) is 2.00. The number of hydrogen-bond donors (Lipinski definition) is 0. The Kier molecular flexibility index (Phi) is 3.98. The van der Waals surface area contributed by atoms with Gasteiger partial charge in [0.1, 0.15) is 6.26 Å². The number of rotatable bonds is 4. The Hall–Kier alpha value is -0.840. The lowest BCUT2D eigenvalue weighted by Crippen LogP contribution is -2.35. The zero-order chi connectivity index (χ0) is 11.4. The zero-order valence-electron chi connectivity index (χ0n) is 9.06. The maximum absolute atomic E-state index is 12.1.